The van der Waals surface area contributed by atoms with Crippen LogP contribution in [0.5, 0.6) is 6.01 Å². The zero-order valence-corrected chi connectivity index (χ0v) is 33.2. The molecule has 1 amide bonds. The summed E-state index contributed by atoms with van der Waals surface area (Å²) < 4.78 is 45.6. The van der Waals surface area contributed by atoms with E-state index >= 15 is 8.78 Å². The summed E-state index contributed by atoms with van der Waals surface area (Å²) in [5.41, 5.74) is 5.77. The number of carbonyl (C=O) groups is 1. The molecule has 4 aliphatic heterocycles. The van der Waals surface area contributed by atoms with Gasteiger partial charge in [0.25, 0.3) is 0 Å². The van der Waals surface area contributed by atoms with Gasteiger partial charge in [-0.05, 0) is 74.6 Å². The Morgan fingerprint density at radius 2 is 2.07 bits per heavy atom. The number of benzene rings is 2. The number of halogens is 3. The first-order chi connectivity index (χ1) is 27.6. The van der Waals surface area contributed by atoms with Crippen LogP contribution in [0.25, 0.3) is 32.1 Å². The van der Waals surface area contributed by atoms with Crippen LogP contribution in [-0.2, 0) is 11.3 Å². The van der Waals surface area contributed by atoms with Crippen LogP contribution in [0.1, 0.15) is 63.3 Å². The minimum atomic E-state index is -0.744. The molecule has 1 spiro atoms. The Morgan fingerprint density at radius 1 is 1.21 bits per heavy atom. The molecule has 13 nitrogen and oxygen atoms in total. The van der Waals surface area contributed by atoms with Crippen molar-refractivity contribution in [1.29, 1.82) is 5.26 Å². The lowest BCUT2D eigenvalue weighted by atomic mass is 9.90. The highest BCUT2D eigenvalue weighted by atomic mass is 35.5. The Labute approximate surface area is 336 Å². The van der Waals surface area contributed by atoms with Gasteiger partial charge in [-0.1, -0.05) is 31.0 Å². The van der Waals surface area contributed by atoms with E-state index in [4.69, 9.17) is 36.8 Å². The average Bonchev–Trinajstić information content (AvgIpc) is 3.85. The molecule has 5 atom stereocenters. The van der Waals surface area contributed by atoms with Crippen molar-refractivity contribution in [3.05, 3.63) is 52.6 Å². The van der Waals surface area contributed by atoms with Crippen LogP contribution >= 0.6 is 22.9 Å². The van der Waals surface area contributed by atoms with Crippen molar-refractivity contribution in [3.63, 3.8) is 0 Å². The lowest BCUT2D eigenvalue weighted by Gasteiger charge is -2.35. The summed E-state index contributed by atoms with van der Waals surface area (Å²) in [7, 11) is 1.55. The van der Waals surface area contributed by atoms with E-state index in [-0.39, 0.29) is 72.4 Å². The molecule has 5 aromatic rings. The molecule has 5 aliphatic rings. The molecule has 1 aliphatic carbocycles. The van der Waals surface area contributed by atoms with Crippen LogP contribution in [0.4, 0.5) is 24.4 Å². The first kappa shape index (κ1) is 36.6. The number of anilines is 2. The van der Waals surface area contributed by atoms with Gasteiger partial charge in [-0.3, -0.25) is 4.90 Å². The molecule has 57 heavy (non-hydrogen) atoms. The number of nitriles is 1. The number of aromatic nitrogens is 5. The molecule has 17 heteroatoms. The van der Waals surface area contributed by atoms with Gasteiger partial charge in [-0.15, -0.1) is 16.4 Å². The van der Waals surface area contributed by atoms with Crippen molar-refractivity contribution in [3.8, 4) is 23.2 Å². The monoisotopic (exact) mass is 814 g/mol. The molecular weight excluding hydrogens is 774 g/mol. The second kappa shape index (κ2) is 13.4. The molecule has 3 unspecified atom stereocenters. The number of amides is 1. The number of hydrogen-bond acceptors (Lipinski definition) is 12. The van der Waals surface area contributed by atoms with Crippen molar-refractivity contribution in [2.24, 2.45) is 11.8 Å². The minimum Gasteiger partial charge on any atom is -0.461 e. The fraction of sp³-hybridized carbons (Fsp3) is 0.500. The summed E-state index contributed by atoms with van der Waals surface area (Å²) in [4.78, 5) is 34.7. The van der Waals surface area contributed by atoms with E-state index in [0.29, 0.717) is 61.7 Å². The number of nitrogens with zero attached hydrogens (tertiary/aromatic N) is 9. The number of carbonyl (C=O) groups excluding carboxylic acids is 1. The summed E-state index contributed by atoms with van der Waals surface area (Å²) in [5.74, 6) is 0.517. The van der Waals surface area contributed by atoms with Crippen LogP contribution in [-0.4, -0.2) is 97.6 Å². The highest BCUT2D eigenvalue weighted by Crippen LogP contribution is 2.57. The summed E-state index contributed by atoms with van der Waals surface area (Å²) in [6, 6.07) is 6.76. The third-order valence-electron chi connectivity index (χ3n) is 13.2. The molecule has 1 saturated carbocycles. The molecule has 0 bridgehead atoms. The first-order valence-electron chi connectivity index (χ1n) is 19.5. The molecule has 7 heterocycles. The fourth-order valence-electron chi connectivity index (χ4n) is 10.5. The number of fused-ring (bicyclic) bond motifs is 5. The van der Waals surface area contributed by atoms with E-state index in [0.717, 1.165) is 50.0 Å². The number of ether oxygens (including phenoxy) is 2. The summed E-state index contributed by atoms with van der Waals surface area (Å²) in [5, 5.41) is 15.1. The quantitative estimate of drug-likeness (QED) is 0.173. The van der Waals surface area contributed by atoms with Crippen molar-refractivity contribution in [2.45, 2.75) is 75.6 Å². The number of nitrogen functional groups attached to an aromatic ring is 1. The number of nitrogens with two attached hydrogens (primary N) is 1. The van der Waals surface area contributed by atoms with Gasteiger partial charge in [0.05, 0.1) is 26.4 Å². The normalized spacial score (nSPS) is 26.6. The van der Waals surface area contributed by atoms with Crippen LogP contribution < -0.4 is 15.4 Å². The maximum Gasteiger partial charge on any atom is 0.346 e. The molecule has 10 rings (SSSR count). The Hall–Kier alpha value is -4.69. The number of rotatable bonds is 8. The van der Waals surface area contributed by atoms with Gasteiger partial charge in [0, 0.05) is 49.1 Å². The smallest absolute Gasteiger partial charge is 0.346 e. The summed E-state index contributed by atoms with van der Waals surface area (Å²) >= 11 is 7.95. The Kier molecular flexibility index (Phi) is 8.64. The summed E-state index contributed by atoms with van der Waals surface area (Å²) in [6.07, 6.45) is 8.17. The fourth-order valence-corrected chi connectivity index (χ4v) is 11.7. The molecular formula is C40H41ClF2N10O3S. The Balaban J connectivity index is 1.07. The third kappa shape index (κ3) is 5.67. The molecule has 3 aromatic heterocycles. The van der Waals surface area contributed by atoms with E-state index in [1.165, 1.54) is 29.6 Å². The number of likely N-dealkylation sites (tertiary alicyclic amines) is 1. The lowest BCUT2D eigenvalue weighted by molar-refractivity contribution is 0.0867. The zero-order chi connectivity index (χ0) is 39.4. The van der Waals surface area contributed by atoms with Gasteiger partial charge in [-0.25, -0.2) is 18.6 Å². The number of piperidine rings is 1. The number of thiophene rings is 1. The topological polar surface area (TPSA) is 152 Å². The molecule has 2 aromatic carbocycles. The number of methoxy groups -OCH3 is 1. The maximum atomic E-state index is 17.4. The van der Waals surface area contributed by atoms with Gasteiger partial charge in [0.2, 0.25) is 0 Å². The van der Waals surface area contributed by atoms with E-state index in [2.05, 4.69) is 32.9 Å². The Bertz CT molecular complexity index is 2530. The van der Waals surface area contributed by atoms with Crippen LogP contribution in [0, 0.1) is 34.8 Å². The zero-order valence-electron chi connectivity index (χ0n) is 31.6. The number of hydrogen-bond donors (Lipinski definition) is 1. The molecule has 296 valence electrons. The van der Waals surface area contributed by atoms with Gasteiger partial charge < -0.3 is 25.0 Å². The minimum absolute atomic E-state index is 0.0105. The highest BCUT2D eigenvalue weighted by Gasteiger charge is 2.61. The van der Waals surface area contributed by atoms with E-state index in [1.807, 2.05) is 4.90 Å². The van der Waals surface area contributed by atoms with Crippen molar-refractivity contribution < 1.29 is 23.0 Å². The van der Waals surface area contributed by atoms with Crippen LogP contribution in [0.3, 0.4) is 0 Å². The van der Waals surface area contributed by atoms with Crippen molar-refractivity contribution in [2.75, 3.05) is 50.5 Å². The SMILES string of the molecule is CCC1CN(C(=O)n2cnc(COC)n2)[C@]2(CCN(c3nc(OC[C@]45CCCN4C4CC4C5)nc4c(F)c(-c5ccc(F)c6sc(N)c(C#N)c56)c(Cl)cc34)C2)C1. The summed E-state index contributed by atoms with van der Waals surface area (Å²) in [6.45, 7) is 5.28. The highest BCUT2D eigenvalue weighted by molar-refractivity contribution is 7.23. The molecule has 5 fully saturated rings. The maximum absolute atomic E-state index is 17.4. The largest absolute Gasteiger partial charge is 0.461 e. The van der Waals surface area contributed by atoms with E-state index in [9.17, 15) is 10.1 Å². The predicted molar refractivity (Wildman–Crippen MR) is 211 cm³/mol. The second-order valence-electron chi connectivity index (χ2n) is 16.4. The first-order valence-corrected chi connectivity index (χ1v) is 20.7. The van der Waals surface area contributed by atoms with Gasteiger partial charge in [0.1, 0.15) is 47.8 Å². The lowest BCUT2D eigenvalue weighted by Crippen LogP contribution is -2.50. The van der Waals surface area contributed by atoms with Crippen LogP contribution in [0.15, 0.2) is 24.5 Å². The van der Waals surface area contributed by atoms with Crippen LogP contribution in [0.2, 0.25) is 5.02 Å². The van der Waals surface area contributed by atoms with Crippen molar-refractivity contribution in [1.82, 2.24) is 34.5 Å². The van der Waals surface area contributed by atoms with E-state index < -0.39 is 17.2 Å². The van der Waals surface area contributed by atoms with E-state index in [1.54, 1.807) is 13.2 Å². The third-order valence-corrected chi connectivity index (χ3v) is 14.5. The molecule has 4 saturated heterocycles. The van der Waals surface area contributed by atoms with Gasteiger partial charge >= 0.3 is 12.0 Å². The average molecular weight is 815 g/mol. The molecule has 2 N–H and O–H groups in total. The van der Waals surface area contributed by atoms with Crippen molar-refractivity contribution >= 4 is 60.8 Å². The molecule has 0 radical (unpaired) electrons. The van der Waals surface area contributed by atoms with Gasteiger partial charge in [-0.2, -0.15) is 19.9 Å². The van der Waals surface area contributed by atoms with Gasteiger partial charge in [0.15, 0.2) is 11.6 Å². The standard InChI is InChI=1S/C40H41ClF2N10O3S/c1-3-21-13-39(52(16-21)38(54)53-20-46-29(49-53)17-55-2)8-10-50(18-39)36-24-12-26(41)31(23-5-6-27(42)34-30(23)25(15-44)35(45)57-34)32(43)33(24)47-37(48-36)56-19-40-7-4-9-51(40)28-11-22(28)14-40/h5-6,12,20-22,28H,3-4,7-11,13-14,16-19,45H2,1-2H3/t21?,22?,28?,39-,40-/m1/s1. The Morgan fingerprint density at radius 3 is 2.88 bits per heavy atom. The second-order valence-corrected chi connectivity index (χ2v) is 17.9. The predicted octanol–water partition coefficient (Wildman–Crippen LogP) is 6.99.